The Morgan fingerprint density at radius 2 is 2.19 bits per heavy atom. The first kappa shape index (κ1) is 14.7. The van der Waals surface area contributed by atoms with Gasteiger partial charge in [0, 0.05) is 26.3 Å². The Balaban J connectivity index is 2.00. The molecule has 0 saturated heterocycles. The highest BCUT2D eigenvalue weighted by Crippen LogP contribution is 2.31. The van der Waals surface area contributed by atoms with E-state index in [0.29, 0.717) is 0 Å². The van der Waals surface area contributed by atoms with Crippen molar-refractivity contribution < 1.29 is 0 Å². The van der Waals surface area contributed by atoms with Gasteiger partial charge in [0.15, 0.2) is 0 Å². The van der Waals surface area contributed by atoms with Crippen LogP contribution in [0.4, 0.5) is 0 Å². The van der Waals surface area contributed by atoms with Gasteiger partial charge in [-0.15, -0.1) is 11.3 Å². The van der Waals surface area contributed by atoms with E-state index >= 15 is 0 Å². The normalized spacial score (nSPS) is 12.7. The predicted molar refractivity (Wildman–Crippen MR) is 93.9 cm³/mol. The lowest BCUT2D eigenvalue weighted by molar-refractivity contribution is 0.606. The molecule has 0 aliphatic carbocycles. The molecule has 0 spiro atoms. The van der Waals surface area contributed by atoms with E-state index in [9.17, 15) is 0 Å². The molecule has 0 amide bonds. The summed E-state index contributed by atoms with van der Waals surface area (Å²) in [6.45, 7) is 3.20. The standard InChI is InChI=1S/C17H17BrN2S/c1-2-7-20-17(16-10-14(18)11-21-16)13-5-6-15-12(9-13)4-3-8-19-15/h3-6,8-11,17,20H,2,7H2,1H3. The minimum absolute atomic E-state index is 0.242. The summed E-state index contributed by atoms with van der Waals surface area (Å²) in [5.41, 5.74) is 2.33. The van der Waals surface area contributed by atoms with Gasteiger partial charge in [0.2, 0.25) is 0 Å². The zero-order chi connectivity index (χ0) is 14.7. The highest BCUT2D eigenvalue weighted by Gasteiger charge is 2.15. The first-order chi connectivity index (χ1) is 10.3. The zero-order valence-corrected chi connectivity index (χ0v) is 14.2. The molecular formula is C17H17BrN2S. The molecule has 3 aromatic rings. The highest BCUT2D eigenvalue weighted by atomic mass is 79.9. The Kier molecular flexibility index (Phi) is 4.68. The van der Waals surface area contributed by atoms with Crippen molar-refractivity contribution in [3.8, 4) is 0 Å². The van der Waals surface area contributed by atoms with Crippen LogP contribution in [0.3, 0.4) is 0 Å². The summed E-state index contributed by atoms with van der Waals surface area (Å²) in [7, 11) is 0. The number of fused-ring (bicyclic) bond motifs is 1. The van der Waals surface area contributed by atoms with Crippen LogP contribution in [-0.2, 0) is 0 Å². The van der Waals surface area contributed by atoms with Crippen molar-refractivity contribution in [1.82, 2.24) is 10.3 Å². The summed E-state index contributed by atoms with van der Waals surface area (Å²) in [4.78, 5) is 5.73. The minimum Gasteiger partial charge on any atom is -0.306 e. The second kappa shape index (κ2) is 6.69. The summed E-state index contributed by atoms with van der Waals surface area (Å²) >= 11 is 5.34. The Morgan fingerprint density at radius 3 is 2.95 bits per heavy atom. The van der Waals surface area contributed by atoms with E-state index < -0.39 is 0 Å². The molecule has 2 nitrogen and oxygen atoms in total. The third-order valence-electron chi connectivity index (χ3n) is 3.43. The molecule has 4 heteroatoms. The topological polar surface area (TPSA) is 24.9 Å². The molecule has 2 heterocycles. The predicted octanol–water partition coefficient (Wildman–Crippen LogP) is 5.15. The molecule has 0 fully saturated rings. The molecule has 0 aliphatic rings. The third kappa shape index (κ3) is 3.34. The maximum atomic E-state index is 4.40. The van der Waals surface area contributed by atoms with Gasteiger partial charge in [0.1, 0.15) is 0 Å². The Morgan fingerprint density at radius 1 is 1.29 bits per heavy atom. The van der Waals surface area contributed by atoms with Crippen LogP contribution in [0.25, 0.3) is 10.9 Å². The SMILES string of the molecule is CCCNC(c1ccc2ncccc2c1)c1cc(Br)cs1. The van der Waals surface area contributed by atoms with Gasteiger partial charge < -0.3 is 5.32 Å². The fourth-order valence-corrected chi connectivity index (χ4v) is 3.97. The van der Waals surface area contributed by atoms with Crippen LogP contribution in [0.1, 0.15) is 29.8 Å². The Bertz CT molecular complexity index is 738. The van der Waals surface area contributed by atoms with Crippen LogP contribution in [0.5, 0.6) is 0 Å². The fourth-order valence-electron chi connectivity index (χ4n) is 2.42. The van der Waals surface area contributed by atoms with E-state index in [2.05, 4.69) is 68.9 Å². The smallest absolute Gasteiger partial charge is 0.0702 e. The molecular weight excluding hydrogens is 344 g/mol. The van der Waals surface area contributed by atoms with Crippen molar-refractivity contribution in [2.45, 2.75) is 19.4 Å². The molecule has 0 radical (unpaired) electrons. The van der Waals surface area contributed by atoms with Crippen molar-refractivity contribution >= 4 is 38.2 Å². The molecule has 2 aromatic heterocycles. The van der Waals surface area contributed by atoms with Gasteiger partial charge in [-0.25, -0.2) is 0 Å². The number of nitrogens with zero attached hydrogens (tertiary/aromatic N) is 1. The van der Waals surface area contributed by atoms with Crippen molar-refractivity contribution in [1.29, 1.82) is 0 Å². The summed E-state index contributed by atoms with van der Waals surface area (Å²) < 4.78 is 1.15. The van der Waals surface area contributed by atoms with E-state index in [4.69, 9.17) is 0 Å². The van der Waals surface area contributed by atoms with Crippen LogP contribution < -0.4 is 5.32 Å². The van der Waals surface area contributed by atoms with Gasteiger partial charge in [0.05, 0.1) is 11.6 Å². The molecule has 1 N–H and O–H groups in total. The van der Waals surface area contributed by atoms with Gasteiger partial charge in [-0.3, -0.25) is 4.98 Å². The maximum absolute atomic E-state index is 4.40. The lowest BCUT2D eigenvalue weighted by atomic mass is 10.0. The molecule has 0 bridgehead atoms. The Hall–Kier alpha value is -1.23. The van der Waals surface area contributed by atoms with Gasteiger partial charge in [-0.1, -0.05) is 19.1 Å². The van der Waals surface area contributed by atoms with E-state index in [1.807, 2.05) is 12.3 Å². The summed E-state index contributed by atoms with van der Waals surface area (Å²) in [5.74, 6) is 0. The molecule has 0 saturated carbocycles. The average molecular weight is 361 g/mol. The number of rotatable bonds is 5. The lowest BCUT2D eigenvalue weighted by Crippen LogP contribution is -2.22. The van der Waals surface area contributed by atoms with Crippen LogP contribution in [-0.4, -0.2) is 11.5 Å². The van der Waals surface area contributed by atoms with Crippen LogP contribution in [0, 0.1) is 0 Å². The molecule has 3 rings (SSSR count). The van der Waals surface area contributed by atoms with E-state index in [-0.39, 0.29) is 6.04 Å². The maximum Gasteiger partial charge on any atom is 0.0702 e. The van der Waals surface area contributed by atoms with Gasteiger partial charge in [0.25, 0.3) is 0 Å². The monoisotopic (exact) mass is 360 g/mol. The molecule has 1 unspecified atom stereocenters. The Labute approximate surface area is 137 Å². The number of halogens is 1. The first-order valence-corrected chi connectivity index (χ1v) is 8.77. The summed E-state index contributed by atoms with van der Waals surface area (Å²) in [6.07, 6.45) is 2.96. The number of hydrogen-bond donors (Lipinski definition) is 1. The van der Waals surface area contributed by atoms with Crippen LogP contribution >= 0.6 is 27.3 Å². The number of benzene rings is 1. The number of nitrogens with one attached hydrogen (secondary N) is 1. The summed E-state index contributed by atoms with van der Waals surface area (Å²) in [5, 5.41) is 6.98. The second-order valence-corrected chi connectivity index (χ2v) is 6.87. The van der Waals surface area contributed by atoms with Gasteiger partial charge >= 0.3 is 0 Å². The van der Waals surface area contributed by atoms with Crippen LogP contribution in [0.15, 0.2) is 52.4 Å². The molecule has 108 valence electrons. The van der Waals surface area contributed by atoms with Crippen molar-refractivity contribution in [2.24, 2.45) is 0 Å². The molecule has 1 aromatic carbocycles. The quantitative estimate of drug-likeness (QED) is 0.680. The zero-order valence-electron chi connectivity index (χ0n) is 11.8. The van der Waals surface area contributed by atoms with Crippen molar-refractivity contribution in [3.63, 3.8) is 0 Å². The average Bonchev–Trinajstić information content (AvgIpc) is 2.94. The number of aromatic nitrogens is 1. The molecule has 21 heavy (non-hydrogen) atoms. The number of pyridine rings is 1. The molecule has 0 aliphatic heterocycles. The van der Waals surface area contributed by atoms with E-state index in [0.717, 1.165) is 23.0 Å². The van der Waals surface area contributed by atoms with Gasteiger partial charge in [-0.2, -0.15) is 0 Å². The first-order valence-electron chi connectivity index (χ1n) is 7.10. The number of thiophene rings is 1. The van der Waals surface area contributed by atoms with Gasteiger partial charge in [-0.05, 0) is 58.7 Å². The van der Waals surface area contributed by atoms with Crippen molar-refractivity contribution in [2.75, 3.05) is 6.54 Å². The minimum atomic E-state index is 0.242. The van der Waals surface area contributed by atoms with Crippen molar-refractivity contribution in [3.05, 3.63) is 62.9 Å². The van der Waals surface area contributed by atoms with Crippen LogP contribution in [0.2, 0.25) is 0 Å². The van der Waals surface area contributed by atoms with E-state index in [1.165, 1.54) is 15.8 Å². The third-order valence-corrected chi connectivity index (χ3v) is 5.19. The van der Waals surface area contributed by atoms with E-state index in [1.54, 1.807) is 11.3 Å². The molecule has 1 atom stereocenters. The summed E-state index contributed by atoms with van der Waals surface area (Å²) in [6, 6.07) is 13.1. The number of hydrogen-bond acceptors (Lipinski definition) is 3. The lowest BCUT2D eigenvalue weighted by Gasteiger charge is -2.18. The largest absolute Gasteiger partial charge is 0.306 e. The highest BCUT2D eigenvalue weighted by molar-refractivity contribution is 9.10. The fraction of sp³-hybridized carbons (Fsp3) is 0.235. The second-order valence-electron chi connectivity index (χ2n) is 5.01.